The maximum Gasteiger partial charge on any atom is 0.224 e. The molecule has 0 aliphatic rings. The Kier molecular flexibility index (Phi) is 5.07. The number of benzene rings is 2. The first kappa shape index (κ1) is 14.5. The Labute approximate surface area is 126 Å². The SMILES string of the molecule is O=Cc1cc(Br)ccc1NC(=O)CCc1ccccc1. The first-order valence-corrected chi connectivity index (χ1v) is 7.07. The standard InChI is InChI=1S/C16H14BrNO2/c17-14-7-8-15(13(10-14)11-19)18-16(20)9-6-12-4-2-1-3-5-12/h1-5,7-8,10-11H,6,9H2,(H,18,20). The molecule has 2 aromatic rings. The Morgan fingerprint density at radius 3 is 2.60 bits per heavy atom. The van der Waals surface area contributed by atoms with Gasteiger partial charge in [0.25, 0.3) is 0 Å². The molecule has 0 bridgehead atoms. The lowest BCUT2D eigenvalue weighted by molar-refractivity contribution is -0.116. The number of rotatable bonds is 5. The zero-order chi connectivity index (χ0) is 14.4. The lowest BCUT2D eigenvalue weighted by Gasteiger charge is -2.08. The molecule has 102 valence electrons. The average Bonchev–Trinajstić information content (AvgIpc) is 2.48. The van der Waals surface area contributed by atoms with Crippen LogP contribution in [0, 0.1) is 0 Å². The molecule has 0 unspecified atom stereocenters. The molecule has 0 aliphatic carbocycles. The van der Waals surface area contributed by atoms with Gasteiger partial charge in [0.05, 0.1) is 5.69 Å². The Bertz CT molecular complexity index is 611. The van der Waals surface area contributed by atoms with Crippen molar-refractivity contribution in [3.63, 3.8) is 0 Å². The summed E-state index contributed by atoms with van der Waals surface area (Å²) in [7, 11) is 0. The topological polar surface area (TPSA) is 46.2 Å². The summed E-state index contributed by atoms with van der Waals surface area (Å²) in [5.41, 5.74) is 2.13. The number of hydrogen-bond acceptors (Lipinski definition) is 2. The molecule has 1 amide bonds. The zero-order valence-electron chi connectivity index (χ0n) is 10.8. The maximum absolute atomic E-state index is 11.9. The molecule has 20 heavy (non-hydrogen) atoms. The molecule has 2 aromatic carbocycles. The van der Waals surface area contributed by atoms with E-state index in [-0.39, 0.29) is 5.91 Å². The smallest absolute Gasteiger partial charge is 0.224 e. The van der Waals surface area contributed by atoms with Crippen molar-refractivity contribution in [1.29, 1.82) is 0 Å². The summed E-state index contributed by atoms with van der Waals surface area (Å²) in [6, 6.07) is 15.0. The van der Waals surface area contributed by atoms with E-state index in [1.165, 1.54) is 0 Å². The molecule has 0 spiro atoms. The third-order valence-corrected chi connectivity index (χ3v) is 3.39. The van der Waals surface area contributed by atoms with Crippen molar-refractivity contribution >= 4 is 33.8 Å². The van der Waals surface area contributed by atoms with Crippen LogP contribution >= 0.6 is 15.9 Å². The number of aryl methyl sites for hydroxylation is 1. The lowest BCUT2D eigenvalue weighted by Crippen LogP contribution is -2.13. The molecule has 0 fully saturated rings. The van der Waals surface area contributed by atoms with Gasteiger partial charge in [0.15, 0.2) is 6.29 Å². The van der Waals surface area contributed by atoms with Crippen molar-refractivity contribution in [3.8, 4) is 0 Å². The van der Waals surface area contributed by atoms with Crippen molar-refractivity contribution in [2.24, 2.45) is 0 Å². The Morgan fingerprint density at radius 2 is 1.90 bits per heavy atom. The number of amides is 1. The van der Waals surface area contributed by atoms with Crippen molar-refractivity contribution in [3.05, 3.63) is 64.1 Å². The van der Waals surface area contributed by atoms with E-state index in [9.17, 15) is 9.59 Å². The number of halogens is 1. The minimum Gasteiger partial charge on any atom is -0.325 e. The number of hydrogen-bond donors (Lipinski definition) is 1. The summed E-state index contributed by atoms with van der Waals surface area (Å²) in [6.45, 7) is 0. The van der Waals surface area contributed by atoms with Gasteiger partial charge in [-0.05, 0) is 30.2 Å². The second-order valence-corrected chi connectivity index (χ2v) is 5.30. The van der Waals surface area contributed by atoms with Crippen molar-refractivity contribution < 1.29 is 9.59 Å². The van der Waals surface area contributed by atoms with Gasteiger partial charge in [0, 0.05) is 16.5 Å². The van der Waals surface area contributed by atoms with E-state index in [2.05, 4.69) is 21.2 Å². The van der Waals surface area contributed by atoms with E-state index < -0.39 is 0 Å². The number of nitrogens with one attached hydrogen (secondary N) is 1. The van der Waals surface area contributed by atoms with Crippen LogP contribution in [0.2, 0.25) is 0 Å². The van der Waals surface area contributed by atoms with Crippen LogP contribution in [-0.4, -0.2) is 12.2 Å². The van der Waals surface area contributed by atoms with Crippen LogP contribution in [0.15, 0.2) is 53.0 Å². The highest BCUT2D eigenvalue weighted by Gasteiger charge is 2.07. The van der Waals surface area contributed by atoms with Gasteiger partial charge >= 0.3 is 0 Å². The largest absolute Gasteiger partial charge is 0.325 e. The minimum absolute atomic E-state index is 0.0979. The van der Waals surface area contributed by atoms with E-state index in [1.54, 1.807) is 18.2 Å². The molecule has 0 heterocycles. The van der Waals surface area contributed by atoms with E-state index in [0.717, 1.165) is 16.3 Å². The lowest BCUT2D eigenvalue weighted by atomic mass is 10.1. The van der Waals surface area contributed by atoms with Gasteiger partial charge in [0.2, 0.25) is 5.91 Å². The molecule has 0 aliphatic heterocycles. The van der Waals surface area contributed by atoms with Crippen LogP contribution in [0.25, 0.3) is 0 Å². The third-order valence-electron chi connectivity index (χ3n) is 2.90. The molecular weight excluding hydrogens is 318 g/mol. The number of anilines is 1. The van der Waals surface area contributed by atoms with Crippen molar-refractivity contribution in [2.75, 3.05) is 5.32 Å². The molecule has 4 heteroatoms. The molecule has 0 saturated heterocycles. The Morgan fingerprint density at radius 1 is 1.15 bits per heavy atom. The second kappa shape index (κ2) is 7.01. The summed E-state index contributed by atoms with van der Waals surface area (Å²) in [6.07, 6.45) is 1.80. The first-order valence-electron chi connectivity index (χ1n) is 6.27. The van der Waals surface area contributed by atoms with Crippen LogP contribution < -0.4 is 5.32 Å². The zero-order valence-corrected chi connectivity index (χ0v) is 12.4. The number of carbonyl (C=O) groups is 2. The van der Waals surface area contributed by atoms with Gasteiger partial charge < -0.3 is 5.32 Å². The fourth-order valence-corrected chi connectivity index (χ4v) is 2.24. The molecular formula is C16H14BrNO2. The van der Waals surface area contributed by atoms with Crippen molar-refractivity contribution in [1.82, 2.24) is 0 Å². The summed E-state index contributed by atoms with van der Waals surface area (Å²) in [4.78, 5) is 22.9. The van der Waals surface area contributed by atoms with E-state index in [4.69, 9.17) is 0 Å². The molecule has 3 nitrogen and oxygen atoms in total. The second-order valence-electron chi connectivity index (χ2n) is 4.38. The molecule has 1 N–H and O–H groups in total. The van der Waals surface area contributed by atoms with Crippen LogP contribution in [0.1, 0.15) is 22.3 Å². The Balaban J connectivity index is 1.96. The number of aldehydes is 1. The molecule has 0 atom stereocenters. The highest BCUT2D eigenvalue weighted by Crippen LogP contribution is 2.19. The molecule has 0 saturated carbocycles. The van der Waals surface area contributed by atoms with Crippen LogP contribution in [0.5, 0.6) is 0 Å². The predicted octanol–water partition coefficient (Wildman–Crippen LogP) is 3.83. The summed E-state index contributed by atoms with van der Waals surface area (Å²) in [5, 5.41) is 2.77. The van der Waals surface area contributed by atoms with Gasteiger partial charge in [-0.2, -0.15) is 0 Å². The van der Waals surface area contributed by atoms with Crippen LogP contribution in [-0.2, 0) is 11.2 Å². The normalized spacial score (nSPS) is 10.1. The molecule has 0 radical (unpaired) electrons. The van der Waals surface area contributed by atoms with Gasteiger partial charge in [-0.1, -0.05) is 46.3 Å². The predicted molar refractivity (Wildman–Crippen MR) is 82.9 cm³/mol. The van der Waals surface area contributed by atoms with Gasteiger partial charge in [-0.3, -0.25) is 9.59 Å². The molecule has 0 aromatic heterocycles. The van der Waals surface area contributed by atoms with Crippen LogP contribution in [0.3, 0.4) is 0 Å². The Hall–Kier alpha value is -1.94. The number of carbonyl (C=O) groups excluding carboxylic acids is 2. The van der Waals surface area contributed by atoms with Gasteiger partial charge in [0.1, 0.15) is 0 Å². The monoisotopic (exact) mass is 331 g/mol. The van der Waals surface area contributed by atoms with Gasteiger partial charge in [-0.25, -0.2) is 0 Å². The minimum atomic E-state index is -0.0979. The summed E-state index contributed by atoms with van der Waals surface area (Å²) < 4.78 is 0.807. The fraction of sp³-hybridized carbons (Fsp3) is 0.125. The van der Waals surface area contributed by atoms with E-state index in [1.807, 2.05) is 30.3 Å². The molecule has 2 rings (SSSR count). The van der Waals surface area contributed by atoms with E-state index >= 15 is 0 Å². The fourth-order valence-electron chi connectivity index (χ4n) is 1.86. The third kappa shape index (κ3) is 4.03. The van der Waals surface area contributed by atoms with Crippen molar-refractivity contribution in [2.45, 2.75) is 12.8 Å². The van der Waals surface area contributed by atoms with Crippen LogP contribution in [0.4, 0.5) is 5.69 Å². The highest BCUT2D eigenvalue weighted by atomic mass is 79.9. The van der Waals surface area contributed by atoms with E-state index in [0.29, 0.717) is 24.1 Å². The summed E-state index contributed by atoms with van der Waals surface area (Å²) in [5.74, 6) is -0.0979. The summed E-state index contributed by atoms with van der Waals surface area (Å²) >= 11 is 3.29. The first-order chi connectivity index (χ1) is 9.69. The van der Waals surface area contributed by atoms with Gasteiger partial charge in [-0.15, -0.1) is 0 Å². The quantitative estimate of drug-likeness (QED) is 0.846. The maximum atomic E-state index is 11.9. The average molecular weight is 332 g/mol. The highest BCUT2D eigenvalue weighted by molar-refractivity contribution is 9.10.